The number of nitrogens with one attached hydrogen (secondary N) is 3. The quantitative estimate of drug-likeness (QED) is 0.310. The van der Waals surface area contributed by atoms with Gasteiger partial charge in [-0.25, -0.2) is 26.0 Å². The van der Waals surface area contributed by atoms with E-state index in [2.05, 4.69) is 15.6 Å². The minimum atomic E-state index is -4.11. The number of para-hydroxylation sites is 1. The van der Waals surface area contributed by atoms with Crippen molar-refractivity contribution in [3.63, 3.8) is 0 Å². The van der Waals surface area contributed by atoms with Crippen LogP contribution in [-0.2, 0) is 10.0 Å². The van der Waals surface area contributed by atoms with Crippen molar-refractivity contribution >= 4 is 27.3 Å². The molecule has 0 radical (unpaired) electrons. The third-order valence-corrected chi connectivity index (χ3v) is 5.27. The SMILES string of the molecule is O=C(NNc1ccc(F)c(F)c1F)c1ccc(S(=O)(=O)Nc2ccccc2F)cc1. The monoisotopic (exact) mass is 439 g/mol. The average molecular weight is 439 g/mol. The fourth-order valence-electron chi connectivity index (χ4n) is 2.35. The van der Waals surface area contributed by atoms with Crippen LogP contribution in [0.25, 0.3) is 0 Å². The predicted octanol–water partition coefficient (Wildman–Crippen LogP) is 3.80. The fourth-order valence-corrected chi connectivity index (χ4v) is 3.42. The zero-order valence-corrected chi connectivity index (χ0v) is 15.7. The Balaban J connectivity index is 1.70. The van der Waals surface area contributed by atoms with Gasteiger partial charge in [0.05, 0.1) is 16.3 Å². The highest BCUT2D eigenvalue weighted by Gasteiger charge is 2.18. The van der Waals surface area contributed by atoms with E-state index >= 15 is 0 Å². The minimum absolute atomic E-state index is 0.0182. The Bertz CT molecular complexity index is 1200. The fraction of sp³-hybridized carbons (Fsp3) is 0. The van der Waals surface area contributed by atoms with Crippen LogP contribution in [0.2, 0.25) is 0 Å². The molecule has 156 valence electrons. The lowest BCUT2D eigenvalue weighted by atomic mass is 10.2. The molecule has 6 nitrogen and oxygen atoms in total. The molecule has 0 spiro atoms. The molecule has 0 aliphatic heterocycles. The molecule has 1 amide bonds. The summed E-state index contributed by atoms with van der Waals surface area (Å²) in [6.07, 6.45) is 0. The first kappa shape index (κ1) is 21.1. The number of rotatable bonds is 6. The van der Waals surface area contributed by atoms with Crippen LogP contribution in [0.4, 0.5) is 28.9 Å². The van der Waals surface area contributed by atoms with Crippen molar-refractivity contribution in [1.82, 2.24) is 5.43 Å². The number of amides is 1. The van der Waals surface area contributed by atoms with E-state index < -0.39 is 44.9 Å². The molecule has 0 aromatic heterocycles. The second-order valence-corrected chi connectivity index (χ2v) is 7.59. The van der Waals surface area contributed by atoms with Crippen LogP contribution in [-0.4, -0.2) is 14.3 Å². The highest BCUT2D eigenvalue weighted by Crippen LogP contribution is 2.20. The van der Waals surface area contributed by atoms with E-state index in [1.54, 1.807) is 0 Å². The molecule has 0 saturated carbocycles. The topological polar surface area (TPSA) is 87.3 Å². The van der Waals surface area contributed by atoms with E-state index in [9.17, 15) is 30.8 Å². The Morgan fingerprint density at radius 1 is 0.733 bits per heavy atom. The van der Waals surface area contributed by atoms with E-state index in [4.69, 9.17) is 0 Å². The van der Waals surface area contributed by atoms with E-state index in [1.165, 1.54) is 18.2 Å². The normalized spacial score (nSPS) is 11.1. The van der Waals surface area contributed by atoms with Gasteiger partial charge in [0.25, 0.3) is 15.9 Å². The summed E-state index contributed by atoms with van der Waals surface area (Å²) >= 11 is 0. The minimum Gasteiger partial charge on any atom is -0.295 e. The molecule has 3 aromatic carbocycles. The molecular formula is C19H13F4N3O3S. The van der Waals surface area contributed by atoms with Crippen LogP contribution in [0, 0.1) is 23.3 Å². The van der Waals surface area contributed by atoms with Gasteiger partial charge in [0.15, 0.2) is 17.5 Å². The summed E-state index contributed by atoms with van der Waals surface area (Å²) in [5, 5.41) is 0. The van der Waals surface area contributed by atoms with E-state index in [0.29, 0.717) is 6.07 Å². The van der Waals surface area contributed by atoms with Crippen molar-refractivity contribution < 1.29 is 30.8 Å². The van der Waals surface area contributed by atoms with Crippen molar-refractivity contribution in [1.29, 1.82) is 0 Å². The first-order valence-corrected chi connectivity index (χ1v) is 9.74. The van der Waals surface area contributed by atoms with Gasteiger partial charge in [0.1, 0.15) is 5.82 Å². The maximum Gasteiger partial charge on any atom is 0.269 e. The number of halogens is 4. The van der Waals surface area contributed by atoms with Crippen molar-refractivity contribution in [2.24, 2.45) is 0 Å². The second kappa shape index (κ2) is 8.41. The molecule has 30 heavy (non-hydrogen) atoms. The van der Waals surface area contributed by atoms with Gasteiger partial charge < -0.3 is 0 Å². The zero-order valence-electron chi connectivity index (χ0n) is 14.9. The highest BCUT2D eigenvalue weighted by atomic mass is 32.2. The standard InChI is InChI=1S/C19H13F4N3O3S/c20-13-3-1-2-4-15(13)26-30(28,29)12-7-5-11(6-8-12)19(27)25-24-16-10-9-14(21)17(22)18(16)23/h1-10,24,26H,(H,25,27). The Hall–Kier alpha value is -3.60. The van der Waals surface area contributed by atoms with E-state index in [0.717, 1.165) is 36.4 Å². The number of hydrogen-bond acceptors (Lipinski definition) is 4. The van der Waals surface area contributed by atoms with Gasteiger partial charge in [-0.3, -0.25) is 20.4 Å². The van der Waals surface area contributed by atoms with Crippen molar-refractivity contribution in [2.75, 3.05) is 10.1 Å². The summed E-state index contributed by atoms with van der Waals surface area (Å²) in [6.45, 7) is 0. The molecular weight excluding hydrogens is 426 g/mol. The van der Waals surface area contributed by atoms with Crippen LogP contribution in [0.3, 0.4) is 0 Å². The van der Waals surface area contributed by atoms with Crippen molar-refractivity contribution in [3.8, 4) is 0 Å². The number of hydrogen-bond donors (Lipinski definition) is 3. The molecule has 11 heteroatoms. The summed E-state index contributed by atoms with van der Waals surface area (Å²) in [5.41, 5.74) is 3.42. The number of carbonyl (C=O) groups is 1. The third kappa shape index (κ3) is 4.51. The molecule has 0 fully saturated rings. The number of sulfonamides is 1. The Labute approximate surface area is 168 Å². The lowest BCUT2D eigenvalue weighted by Crippen LogP contribution is -2.30. The van der Waals surface area contributed by atoms with Gasteiger partial charge in [-0.2, -0.15) is 0 Å². The maximum atomic E-state index is 13.6. The van der Waals surface area contributed by atoms with Crippen molar-refractivity contribution in [2.45, 2.75) is 4.90 Å². The van der Waals surface area contributed by atoms with Crippen molar-refractivity contribution in [3.05, 3.63) is 89.5 Å². The predicted molar refractivity (Wildman–Crippen MR) is 101 cm³/mol. The molecule has 3 rings (SSSR count). The van der Waals surface area contributed by atoms with Gasteiger partial charge >= 0.3 is 0 Å². The lowest BCUT2D eigenvalue weighted by Gasteiger charge is -2.11. The van der Waals surface area contributed by atoms with Crippen LogP contribution in [0.15, 0.2) is 65.6 Å². The third-order valence-electron chi connectivity index (χ3n) is 3.89. The molecule has 0 unspecified atom stereocenters. The number of carbonyl (C=O) groups excluding carboxylic acids is 1. The Kier molecular flexibility index (Phi) is 5.92. The van der Waals surface area contributed by atoms with E-state index in [-0.39, 0.29) is 16.1 Å². The lowest BCUT2D eigenvalue weighted by molar-refractivity contribution is 0.0962. The van der Waals surface area contributed by atoms with Gasteiger partial charge in [-0.05, 0) is 48.5 Å². The summed E-state index contributed by atoms with van der Waals surface area (Å²) < 4.78 is 80.1. The van der Waals surface area contributed by atoms with Crippen LogP contribution in [0.1, 0.15) is 10.4 Å². The molecule has 3 N–H and O–H groups in total. The molecule has 3 aromatic rings. The molecule has 0 bridgehead atoms. The molecule has 0 aliphatic carbocycles. The summed E-state index contributed by atoms with van der Waals surface area (Å²) in [5.74, 6) is -6.16. The molecule has 0 saturated heterocycles. The molecule has 0 atom stereocenters. The van der Waals surface area contributed by atoms with Crippen LogP contribution < -0.4 is 15.6 Å². The summed E-state index contributed by atoms with van der Waals surface area (Å²) in [4.78, 5) is 11.9. The smallest absolute Gasteiger partial charge is 0.269 e. The number of hydrazine groups is 1. The summed E-state index contributed by atoms with van der Waals surface area (Å²) in [6, 6.07) is 11.3. The Morgan fingerprint density at radius 3 is 2.07 bits per heavy atom. The largest absolute Gasteiger partial charge is 0.295 e. The zero-order chi connectivity index (χ0) is 21.9. The van der Waals surface area contributed by atoms with E-state index in [1.807, 2.05) is 0 Å². The van der Waals surface area contributed by atoms with Crippen LogP contribution >= 0.6 is 0 Å². The first-order chi connectivity index (χ1) is 14.2. The van der Waals surface area contributed by atoms with Gasteiger partial charge in [-0.15, -0.1) is 0 Å². The van der Waals surface area contributed by atoms with Gasteiger partial charge in [0.2, 0.25) is 0 Å². The Morgan fingerprint density at radius 2 is 1.40 bits per heavy atom. The van der Waals surface area contributed by atoms with Gasteiger partial charge in [-0.1, -0.05) is 12.1 Å². The second-order valence-electron chi connectivity index (χ2n) is 5.91. The number of anilines is 2. The highest BCUT2D eigenvalue weighted by molar-refractivity contribution is 7.92. The maximum absolute atomic E-state index is 13.6. The molecule has 0 aliphatic rings. The van der Waals surface area contributed by atoms with Crippen LogP contribution in [0.5, 0.6) is 0 Å². The number of benzene rings is 3. The first-order valence-electron chi connectivity index (χ1n) is 8.26. The average Bonchev–Trinajstić information content (AvgIpc) is 2.73. The summed E-state index contributed by atoms with van der Waals surface area (Å²) in [7, 11) is -4.11. The van der Waals surface area contributed by atoms with Gasteiger partial charge in [0, 0.05) is 5.56 Å². The molecule has 0 heterocycles.